The molecule has 6 heteroatoms. The van der Waals surface area contributed by atoms with Crippen LogP contribution in [0.5, 0.6) is 5.75 Å². The van der Waals surface area contributed by atoms with E-state index in [9.17, 15) is 4.79 Å². The van der Waals surface area contributed by atoms with Crippen molar-refractivity contribution in [2.75, 3.05) is 19.0 Å². The van der Waals surface area contributed by atoms with Crippen LogP contribution in [0, 0.1) is 0 Å². The highest BCUT2D eigenvalue weighted by molar-refractivity contribution is 9.10. The minimum absolute atomic E-state index is 0.144. The van der Waals surface area contributed by atoms with Gasteiger partial charge in [-0.2, -0.15) is 5.10 Å². The zero-order valence-corrected chi connectivity index (χ0v) is 13.6. The first kappa shape index (κ1) is 16.0. The summed E-state index contributed by atoms with van der Waals surface area (Å²) in [7, 11) is 1.59. The van der Waals surface area contributed by atoms with Gasteiger partial charge in [-0.3, -0.25) is 4.79 Å². The minimum Gasteiger partial charge on any atom is -0.496 e. The molecule has 0 radical (unpaired) electrons. The van der Waals surface area contributed by atoms with E-state index in [-0.39, 0.29) is 12.5 Å². The van der Waals surface area contributed by atoms with Crippen LogP contribution >= 0.6 is 15.9 Å². The summed E-state index contributed by atoms with van der Waals surface area (Å²) in [6, 6.07) is 15.0. The van der Waals surface area contributed by atoms with Crippen LogP contribution in [0.1, 0.15) is 5.56 Å². The van der Waals surface area contributed by atoms with E-state index in [4.69, 9.17) is 4.74 Å². The minimum atomic E-state index is -0.228. The molecule has 0 aliphatic carbocycles. The summed E-state index contributed by atoms with van der Waals surface area (Å²) in [5.74, 6) is 0.475. The van der Waals surface area contributed by atoms with Gasteiger partial charge in [0.25, 0.3) is 5.91 Å². The van der Waals surface area contributed by atoms with Gasteiger partial charge in [-0.1, -0.05) is 28.1 Å². The Balaban J connectivity index is 1.82. The normalized spacial score (nSPS) is 10.5. The molecule has 0 aliphatic rings. The molecule has 2 aromatic carbocycles. The Hall–Kier alpha value is -2.34. The summed E-state index contributed by atoms with van der Waals surface area (Å²) in [6.07, 6.45) is 1.55. The van der Waals surface area contributed by atoms with Crippen molar-refractivity contribution in [3.63, 3.8) is 0 Å². The lowest BCUT2D eigenvalue weighted by atomic mass is 10.2. The summed E-state index contributed by atoms with van der Waals surface area (Å²) in [4.78, 5) is 11.7. The van der Waals surface area contributed by atoms with E-state index in [1.165, 1.54) is 0 Å². The van der Waals surface area contributed by atoms with Gasteiger partial charge in [-0.15, -0.1) is 0 Å². The SMILES string of the molecule is COc1ccccc1/C=N/NC(=O)CNc1ccc(Br)cc1. The molecule has 0 saturated carbocycles. The Kier molecular flexibility index (Phi) is 5.97. The number of hydrogen-bond acceptors (Lipinski definition) is 4. The second-order valence-corrected chi connectivity index (χ2v) is 5.31. The van der Waals surface area contributed by atoms with E-state index in [0.717, 1.165) is 15.7 Å². The predicted octanol–water partition coefficient (Wildman–Crippen LogP) is 3.02. The predicted molar refractivity (Wildman–Crippen MR) is 91.4 cm³/mol. The third-order valence-corrected chi connectivity index (χ3v) is 3.36. The van der Waals surface area contributed by atoms with Crippen molar-refractivity contribution in [3.8, 4) is 5.75 Å². The third kappa shape index (κ3) is 4.89. The van der Waals surface area contributed by atoms with Crippen LogP contribution in [0.2, 0.25) is 0 Å². The van der Waals surface area contributed by atoms with Gasteiger partial charge in [0.1, 0.15) is 5.75 Å². The molecule has 114 valence electrons. The molecule has 0 spiro atoms. The number of halogens is 1. The molecule has 0 aromatic heterocycles. The molecule has 1 amide bonds. The highest BCUT2D eigenvalue weighted by Crippen LogP contribution is 2.15. The number of hydrazone groups is 1. The van der Waals surface area contributed by atoms with Crippen LogP contribution in [0.25, 0.3) is 0 Å². The molecule has 5 nitrogen and oxygen atoms in total. The summed E-state index contributed by atoms with van der Waals surface area (Å²) in [6.45, 7) is 0.144. The first-order valence-electron chi connectivity index (χ1n) is 6.63. The van der Waals surface area contributed by atoms with Crippen LogP contribution in [0.4, 0.5) is 5.69 Å². The molecule has 0 aliphatic heterocycles. The fourth-order valence-electron chi connectivity index (χ4n) is 1.74. The average Bonchev–Trinajstić information content (AvgIpc) is 2.55. The van der Waals surface area contributed by atoms with E-state index in [1.54, 1.807) is 13.3 Å². The van der Waals surface area contributed by atoms with Crippen molar-refractivity contribution in [2.45, 2.75) is 0 Å². The molecule has 2 N–H and O–H groups in total. The molecular formula is C16H16BrN3O2. The molecular weight excluding hydrogens is 346 g/mol. The number of carbonyl (C=O) groups is 1. The van der Waals surface area contributed by atoms with Crippen LogP contribution in [-0.2, 0) is 4.79 Å². The summed E-state index contributed by atoms with van der Waals surface area (Å²) in [5.41, 5.74) is 4.13. The lowest BCUT2D eigenvalue weighted by molar-refractivity contribution is -0.119. The monoisotopic (exact) mass is 361 g/mol. The topological polar surface area (TPSA) is 62.7 Å². The van der Waals surface area contributed by atoms with Gasteiger partial charge in [0.2, 0.25) is 0 Å². The lowest BCUT2D eigenvalue weighted by Gasteiger charge is -2.05. The number of para-hydroxylation sites is 1. The van der Waals surface area contributed by atoms with E-state index >= 15 is 0 Å². The Bertz CT molecular complexity index is 657. The largest absolute Gasteiger partial charge is 0.496 e. The second-order valence-electron chi connectivity index (χ2n) is 4.40. The average molecular weight is 362 g/mol. The third-order valence-electron chi connectivity index (χ3n) is 2.83. The van der Waals surface area contributed by atoms with Crippen molar-refractivity contribution in [2.24, 2.45) is 5.10 Å². The van der Waals surface area contributed by atoms with Crippen molar-refractivity contribution < 1.29 is 9.53 Å². The van der Waals surface area contributed by atoms with Gasteiger partial charge in [0, 0.05) is 15.7 Å². The number of amides is 1. The molecule has 0 atom stereocenters. The number of carbonyl (C=O) groups excluding carboxylic acids is 1. The Morgan fingerprint density at radius 3 is 2.68 bits per heavy atom. The number of nitrogens with one attached hydrogen (secondary N) is 2. The van der Waals surface area contributed by atoms with Crippen LogP contribution in [-0.4, -0.2) is 25.8 Å². The summed E-state index contributed by atoms with van der Waals surface area (Å²) >= 11 is 3.36. The number of benzene rings is 2. The molecule has 0 bridgehead atoms. The van der Waals surface area contributed by atoms with Crippen molar-refractivity contribution in [1.29, 1.82) is 0 Å². The van der Waals surface area contributed by atoms with Crippen LogP contribution in [0.15, 0.2) is 58.1 Å². The molecule has 2 rings (SSSR count). The first-order valence-corrected chi connectivity index (χ1v) is 7.42. The van der Waals surface area contributed by atoms with Gasteiger partial charge < -0.3 is 10.1 Å². The Morgan fingerprint density at radius 2 is 1.95 bits per heavy atom. The van der Waals surface area contributed by atoms with E-state index in [2.05, 4.69) is 31.8 Å². The van der Waals surface area contributed by atoms with Crippen molar-refractivity contribution in [3.05, 3.63) is 58.6 Å². The summed E-state index contributed by atoms with van der Waals surface area (Å²) < 4.78 is 6.19. The highest BCUT2D eigenvalue weighted by Gasteiger charge is 2.00. The Morgan fingerprint density at radius 1 is 1.23 bits per heavy atom. The lowest BCUT2D eigenvalue weighted by Crippen LogP contribution is -2.25. The second kappa shape index (κ2) is 8.19. The molecule has 2 aromatic rings. The van der Waals surface area contributed by atoms with Crippen LogP contribution in [0.3, 0.4) is 0 Å². The molecule has 0 fully saturated rings. The molecule has 0 heterocycles. The zero-order chi connectivity index (χ0) is 15.8. The maximum atomic E-state index is 11.7. The van der Waals surface area contributed by atoms with Gasteiger partial charge in [0.05, 0.1) is 19.9 Å². The number of anilines is 1. The van der Waals surface area contributed by atoms with Gasteiger partial charge in [-0.25, -0.2) is 5.43 Å². The van der Waals surface area contributed by atoms with E-state index in [0.29, 0.717) is 5.75 Å². The smallest absolute Gasteiger partial charge is 0.259 e. The maximum Gasteiger partial charge on any atom is 0.259 e. The quantitative estimate of drug-likeness (QED) is 0.613. The van der Waals surface area contributed by atoms with Gasteiger partial charge >= 0.3 is 0 Å². The Labute approximate surface area is 137 Å². The fraction of sp³-hybridized carbons (Fsp3) is 0.125. The molecule has 0 saturated heterocycles. The number of hydrogen-bond donors (Lipinski definition) is 2. The summed E-state index contributed by atoms with van der Waals surface area (Å²) in [5, 5.41) is 6.94. The molecule has 22 heavy (non-hydrogen) atoms. The van der Waals surface area contributed by atoms with Crippen molar-refractivity contribution in [1.82, 2.24) is 5.43 Å². The number of nitrogens with zero attached hydrogens (tertiary/aromatic N) is 1. The zero-order valence-electron chi connectivity index (χ0n) is 12.0. The van der Waals surface area contributed by atoms with E-state index in [1.807, 2.05) is 48.5 Å². The van der Waals surface area contributed by atoms with E-state index < -0.39 is 0 Å². The van der Waals surface area contributed by atoms with Crippen molar-refractivity contribution >= 4 is 33.7 Å². The number of ether oxygens (including phenoxy) is 1. The van der Waals surface area contributed by atoms with Crippen LogP contribution < -0.4 is 15.5 Å². The fourth-order valence-corrected chi connectivity index (χ4v) is 2.00. The van der Waals surface area contributed by atoms with Gasteiger partial charge in [-0.05, 0) is 36.4 Å². The molecule has 0 unspecified atom stereocenters. The number of methoxy groups -OCH3 is 1. The standard InChI is InChI=1S/C16H16BrN3O2/c1-22-15-5-3-2-4-12(15)10-19-20-16(21)11-18-14-8-6-13(17)7-9-14/h2-10,18H,11H2,1H3,(H,20,21)/b19-10+. The first-order chi connectivity index (χ1) is 10.7. The highest BCUT2D eigenvalue weighted by atomic mass is 79.9. The van der Waals surface area contributed by atoms with Gasteiger partial charge in [0.15, 0.2) is 0 Å². The maximum absolute atomic E-state index is 11.7. The number of rotatable bonds is 6.